The second-order valence-electron chi connectivity index (χ2n) is 9.42. The molecular formula is C25H29FN6O3. The number of amides is 1. The zero-order valence-corrected chi connectivity index (χ0v) is 20.0. The average Bonchev–Trinajstić information content (AvgIpc) is 3.25. The predicted octanol–water partition coefficient (Wildman–Crippen LogP) is 4.57. The number of rotatable bonds is 4. The fourth-order valence-corrected chi connectivity index (χ4v) is 4.06. The van der Waals surface area contributed by atoms with Crippen LogP contribution in [0.2, 0.25) is 0 Å². The van der Waals surface area contributed by atoms with Crippen LogP contribution in [0.4, 0.5) is 9.18 Å². The third-order valence-electron chi connectivity index (χ3n) is 5.77. The van der Waals surface area contributed by atoms with Gasteiger partial charge in [0.15, 0.2) is 17.3 Å². The van der Waals surface area contributed by atoms with Gasteiger partial charge in [-0.15, -0.1) is 0 Å². The third kappa shape index (κ3) is 5.42. The number of carbonyl (C=O) groups is 1. The predicted molar refractivity (Wildman–Crippen MR) is 133 cm³/mol. The van der Waals surface area contributed by atoms with Crippen molar-refractivity contribution in [3.05, 3.63) is 53.7 Å². The normalized spacial score (nSPS) is 15.3. The number of piperidine rings is 1. The number of carbonyl (C=O) groups excluding carboxylic acids is 1. The smallest absolute Gasteiger partial charge is 0.410 e. The molecule has 0 saturated carbocycles. The van der Waals surface area contributed by atoms with Gasteiger partial charge in [-0.2, -0.15) is 10.2 Å². The summed E-state index contributed by atoms with van der Waals surface area (Å²) in [4.78, 5) is 18.7. The number of ether oxygens (including phenoxy) is 1. The van der Waals surface area contributed by atoms with E-state index in [1.54, 1.807) is 17.0 Å². The number of aromatic nitrogens is 1. The molecule has 10 heteroatoms. The Morgan fingerprint density at radius 2 is 1.91 bits per heavy atom. The van der Waals surface area contributed by atoms with Crippen LogP contribution in [0.5, 0.6) is 0 Å². The number of nitrogens with zero attached hydrogens (tertiary/aromatic N) is 4. The highest BCUT2D eigenvalue weighted by atomic mass is 19.1. The summed E-state index contributed by atoms with van der Waals surface area (Å²) in [5, 5.41) is 6.99. The Kier molecular flexibility index (Phi) is 6.72. The van der Waals surface area contributed by atoms with Crippen molar-refractivity contribution in [1.82, 2.24) is 15.3 Å². The molecule has 3 aromatic rings. The van der Waals surface area contributed by atoms with Gasteiger partial charge in [0.05, 0.1) is 5.56 Å². The molecule has 2 heterocycles. The Morgan fingerprint density at radius 1 is 1.23 bits per heavy atom. The minimum absolute atomic E-state index is 0.0818. The molecular weight excluding hydrogens is 451 g/mol. The van der Waals surface area contributed by atoms with Gasteiger partial charge in [-0.1, -0.05) is 12.1 Å². The van der Waals surface area contributed by atoms with E-state index in [1.807, 2.05) is 39.0 Å². The Bertz CT molecular complexity index is 1270. The number of likely N-dealkylation sites (tertiary alicyclic amines) is 1. The Labute approximate surface area is 202 Å². The van der Waals surface area contributed by atoms with E-state index in [0.717, 1.165) is 18.4 Å². The van der Waals surface area contributed by atoms with E-state index in [0.29, 0.717) is 35.6 Å². The summed E-state index contributed by atoms with van der Waals surface area (Å²) < 4.78 is 26.2. The Morgan fingerprint density at radius 3 is 2.54 bits per heavy atom. The Balaban J connectivity index is 1.49. The number of hydrazone groups is 2. The van der Waals surface area contributed by atoms with Gasteiger partial charge in [0.25, 0.3) is 0 Å². The number of benzene rings is 2. The number of oxazole rings is 1. The maximum Gasteiger partial charge on any atom is 0.410 e. The van der Waals surface area contributed by atoms with Crippen LogP contribution in [-0.4, -0.2) is 47.2 Å². The fraction of sp³-hybridized carbons (Fsp3) is 0.360. The third-order valence-corrected chi connectivity index (χ3v) is 5.77. The summed E-state index contributed by atoms with van der Waals surface area (Å²) in [6.07, 6.45) is 1.19. The maximum atomic E-state index is 14.7. The highest BCUT2D eigenvalue weighted by Crippen LogP contribution is 2.32. The fourth-order valence-electron chi connectivity index (χ4n) is 4.06. The lowest BCUT2D eigenvalue weighted by molar-refractivity contribution is 0.0199. The number of nitrogens with one attached hydrogen (secondary N) is 1. The number of nitrogens with two attached hydrogens (primary N) is 1. The molecule has 0 unspecified atom stereocenters. The van der Waals surface area contributed by atoms with Crippen molar-refractivity contribution in [2.24, 2.45) is 16.0 Å². The molecule has 0 spiro atoms. The van der Waals surface area contributed by atoms with Gasteiger partial charge in [-0.05, 0) is 69.0 Å². The van der Waals surface area contributed by atoms with Gasteiger partial charge in [0, 0.05) is 25.7 Å². The van der Waals surface area contributed by atoms with Crippen LogP contribution >= 0.6 is 0 Å². The van der Waals surface area contributed by atoms with E-state index in [1.165, 1.54) is 6.07 Å². The van der Waals surface area contributed by atoms with Crippen molar-refractivity contribution in [3.63, 3.8) is 0 Å². The van der Waals surface area contributed by atoms with E-state index in [2.05, 4.69) is 22.3 Å². The molecule has 1 aromatic heterocycles. The lowest BCUT2D eigenvalue weighted by Crippen LogP contribution is -2.41. The summed E-state index contributed by atoms with van der Waals surface area (Å²) in [5.41, 5.74) is 4.96. The monoisotopic (exact) mass is 480 g/mol. The average molecular weight is 481 g/mol. The summed E-state index contributed by atoms with van der Waals surface area (Å²) >= 11 is 0. The van der Waals surface area contributed by atoms with Crippen LogP contribution in [0.3, 0.4) is 0 Å². The first kappa shape index (κ1) is 24.2. The van der Waals surface area contributed by atoms with E-state index >= 15 is 0 Å². The highest BCUT2D eigenvalue weighted by molar-refractivity contribution is 5.99. The largest absolute Gasteiger partial charge is 0.444 e. The standard InChI is InChI=1S/C25H29FN6O3/c1-25(2,3)35-24(33)32-11-9-15(10-12-32)23-29-20-14-17(6-8-21(20)34-23)16-5-7-18(19(26)13-16)22(30-27)31-28-4/h5-8,13-15H,4,9-12,27H2,1-3H3,(H,30,31). The minimum atomic E-state index is -0.519. The van der Waals surface area contributed by atoms with E-state index in [9.17, 15) is 9.18 Å². The molecule has 2 aromatic carbocycles. The van der Waals surface area contributed by atoms with Crippen LogP contribution in [-0.2, 0) is 4.74 Å². The molecule has 1 aliphatic rings. The number of hydrogen-bond donors (Lipinski definition) is 2. The van der Waals surface area contributed by atoms with Gasteiger partial charge >= 0.3 is 6.09 Å². The van der Waals surface area contributed by atoms with Crippen molar-refractivity contribution in [3.8, 4) is 11.1 Å². The van der Waals surface area contributed by atoms with Gasteiger partial charge in [0.2, 0.25) is 0 Å². The summed E-state index contributed by atoms with van der Waals surface area (Å²) in [6.45, 7) is 10.0. The van der Waals surface area contributed by atoms with Crippen molar-refractivity contribution in [2.75, 3.05) is 13.1 Å². The van der Waals surface area contributed by atoms with Crippen molar-refractivity contribution in [2.45, 2.75) is 45.1 Å². The zero-order valence-electron chi connectivity index (χ0n) is 20.0. The molecule has 0 atom stereocenters. The van der Waals surface area contributed by atoms with E-state index in [-0.39, 0.29) is 23.4 Å². The van der Waals surface area contributed by atoms with Crippen LogP contribution in [0, 0.1) is 5.82 Å². The molecule has 0 aliphatic carbocycles. The quantitative estimate of drug-likeness (QED) is 0.244. The van der Waals surface area contributed by atoms with Gasteiger partial charge in [-0.3, -0.25) is 5.43 Å². The summed E-state index contributed by atoms with van der Waals surface area (Å²) in [7, 11) is 0. The molecule has 4 rings (SSSR count). The first-order valence-electron chi connectivity index (χ1n) is 11.4. The van der Waals surface area contributed by atoms with Crippen LogP contribution in [0.1, 0.15) is 51.0 Å². The van der Waals surface area contributed by atoms with E-state index < -0.39 is 11.4 Å². The van der Waals surface area contributed by atoms with Crippen LogP contribution in [0.25, 0.3) is 22.2 Å². The molecule has 1 aliphatic heterocycles. The van der Waals surface area contributed by atoms with E-state index in [4.69, 9.17) is 20.0 Å². The SMILES string of the molecule is C=NNC(=NN)c1ccc(-c2ccc3oc(C4CCN(C(=O)OC(C)(C)C)CC4)nc3c2)cc1F. The van der Waals surface area contributed by atoms with Crippen LogP contribution < -0.4 is 11.3 Å². The number of amidine groups is 1. The second-order valence-corrected chi connectivity index (χ2v) is 9.42. The molecule has 35 heavy (non-hydrogen) atoms. The van der Waals surface area contributed by atoms with Crippen LogP contribution in [0.15, 0.2) is 51.0 Å². The van der Waals surface area contributed by atoms with Gasteiger partial charge < -0.3 is 19.9 Å². The lowest BCUT2D eigenvalue weighted by Gasteiger charge is -2.32. The highest BCUT2D eigenvalue weighted by Gasteiger charge is 2.29. The first-order chi connectivity index (χ1) is 16.7. The first-order valence-corrected chi connectivity index (χ1v) is 11.4. The van der Waals surface area contributed by atoms with Crippen molar-refractivity contribution < 1.29 is 18.3 Å². The molecule has 9 nitrogen and oxygen atoms in total. The summed E-state index contributed by atoms with van der Waals surface area (Å²) in [6, 6.07) is 10.3. The number of hydrogen-bond acceptors (Lipinski definition) is 7. The lowest BCUT2D eigenvalue weighted by atomic mass is 9.97. The molecule has 0 bridgehead atoms. The molecule has 1 fully saturated rings. The Hall–Kier alpha value is -3.95. The number of fused-ring (bicyclic) bond motifs is 1. The summed E-state index contributed by atoms with van der Waals surface area (Å²) in [5.74, 6) is 5.65. The van der Waals surface area contributed by atoms with Crippen molar-refractivity contribution in [1.29, 1.82) is 0 Å². The maximum absolute atomic E-state index is 14.7. The zero-order chi connectivity index (χ0) is 25.2. The van der Waals surface area contributed by atoms with Gasteiger partial charge in [-0.25, -0.2) is 14.2 Å². The van der Waals surface area contributed by atoms with Crippen molar-refractivity contribution >= 4 is 29.7 Å². The second kappa shape index (κ2) is 9.73. The molecule has 0 radical (unpaired) electrons. The van der Waals surface area contributed by atoms with Gasteiger partial charge in [0.1, 0.15) is 16.9 Å². The molecule has 1 amide bonds. The molecule has 1 saturated heterocycles. The number of halogens is 1. The molecule has 3 N–H and O–H groups in total. The topological polar surface area (TPSA) is 118 Å². The minimum Gasteiger partial charge on any atom is -0.444 e. The molecule has 184 valence electrons.